The van der Waals surface area contributed by atoms with Gasteiger partial charge in [-0.25, -0.2) is 0 Å². The lowest BCUT2D eigenvalue weighted by Gasteiger charge is -2.71. The summed E-state index contributed by atoms with van der Waals surface area (Å²) in [7, 11) is 0. The van der Waals surface area contributed by atoms with Gasteiger partial charge in [0.2, 0.25) is 12.2 Å². The van der Waals surface area contributed by atoms with E-state index in [1.54, 1.807) is 6.92 Å². The molecule has 0 aromatic heterocycles. The van der Waals surface area contributed by atoms with E-state index < -0.39 is 145 Å². The number of aliphatic hydroxyl groups excluding tert-OH is 9. The molecule has 24 atom stereocenters. The number of Topliss-reactive ketones (excluding diaryl/α,β-unsaturated/α-hetero) is 1. The number of carbonyl (C=O) groups excluding carboxylic acids is 4. The molecule has 1 amide bonds. The summed E-state index contributed by atoms with van der Waals surface area (Å²) in [6.07, 6.45) is -7.07. The molecule has 10 N–H and O–H groups in total. The minimum atomic E-state index is -1.94. The summed E-state index contributed by atoms with van der Waals surface area (Å²) in [5.74, 6) is -1.52. The van der Waals surface area contributed by atoms with Crippen LogP contribution >= 0.6 is 0 Å². The van der Waals surface area contributed by atoms with Crippen LogP contribution in [0.15, 0.2) is 11.6 Å². The van der Waals surface area contributed by atoms with E-state index in [1.807, 2.05) is 6.92 Å². The van der Waals surface area contributed by atoms with Crippen LogP contribution < -0.4 is 5.32 Å². The Morgan fingerprint density at radius 2 is 1.34 bits per heavy atom. The minimum absolute atomic E-state index is 0.0420. The van der Waals surface area contributed by atoms with Crippen molar-refractivity contribution in [2.75, 3.05) is 13.2 Å². The second kappa shape index (κ2) is 24.8. The number of amides is 1. The number of aldehydes is 1. The topological polar surface area (TPSA) is 318 Å². The predicted octanol–water partition coefficient (Wildman–Crippen LogP) is 3.57. The van der Waals surface area contributed by atoms with Crippen molar-refractivity contribution >= 4 is 23.9 Å². The Hall–Kier alpha value is -2.54. The molecule has 0 bridgehead atoms. The molecule has 456 valence electrons. The molecule has 0 aromatic carbocycles. The van der Waals surface area contributed by atoms with Crippen LogP contribution in [0.4, 0.5) is 0 Å². The number of rotatable bonds is 20. The van der Waals surface area contributed by atoms with Crippen LogP contribution in [0.3, 0.4) is 0 Å². The zero-order valence-electron chi connectivity index (χ0n) is 48.6. The molecule has 0 spiro atoms. The Morgan fingerprint density at radius 1 is 0.700 bits per heavy atom. The molecule has 8 aliphatic rings. The molecule has 80 heavy (non-hydrogen) atoms. The highest BCUT2D eigenvalue weighted by molar-refractivity contribution is 5.80. The van der Waals surface area contributed by atoms with Crippen molar-refractivity contribution in [1.29, 1.82) is 0 Å². The average molecular weight is 1140 g/mol. The lowest BCUT2D eigenvalue weighted by atomic mass is 9.33. The fraction of sp³-hybridized carbons (Fsp3) is 0.900. The number of carbonyl (C=O) groups is 4. The highest BCUT2D eigenvalue weighted by Crippen LogP contribution is 2.76. The summed E-state index contributed by atoms with van der Waals surface area (Å²) in [5.41, 5.74) is -2.85. The highest BCUT2D eigenvalue weighted by atomic mass is 16.8. The van der Waals surface area contributed by atoms with Crippen LogP contribution in [-0.2, 0) is 47.6 Å². The van der Waals surface area contributed by atoms with Crippen LogP contribution in [0, 0.1) is 50.2 Å². The number of hydrogen-bond acceptors (Lipinski definition) is 19. The molecule has 20 heteroatoms. The molecule has 7 fully saturated rings. The molecule has 0 radical (unpaired) electrons. The first-order valence-electron chi connectivity index (χ1n) is 30.1. The van der Waals surface area contributed by atoms with Gasteiger partial charge in [-0.2, -0.15) is 0 Å². The molecular weight excluding hydrogens is 1040 g/mol. The lowest BCUT2D eigenvalue weighted by molar-refractivity contribution is -0.370. The maximum Gasteiger partial charge on any atom is 0.317 e. The number of fused-ring (bicyclic) bond motifs is 7. The van der Waals surface area contributed by atoms with E-state index in [9.17, 15) is 60.3 Å². The van der Waals surface area contributed by atoms with Gasteiger partial charge < -0.3 is 89.3 Å². The van der Waals surface area contributed by atoms with Gasteiger partial charge in [-0.3, -0.25) is 9.59 Å². The maximum absolute atomic E-state index is 15.7. The third kappa shape index (κ3) is 11.7. The Bertz CT molecular complexity index is 2220. The predicted molar refractivity (Wildman–Crippen MR) is 287 cm³/mol. The van der Waals surface area contributed by atoms with Crippen molar-refractivity contribution in [3.63, 3.8) is 0 Å². The number of esters is 1. The van der Waals surface area contributed by atoms with E-state index in [0.29, 0.717) is 38.5 Å². The number of unbranched alkanes of at least 4 members (excludes halogenated alkanes) is 7. The number of ether oxygens (including phenoxy) is 6. The molecular formula is C60H97NO19. The van der Waals surface area contributed by atoms with E-state index in [0.717, 1.165) is 76.1 Å². The number of aliphatic hydroxyl groups is 9. The van der Waals surface area contributed by atoms with E-state index in [1.165, 1.54) is 6.92 Å². The van der Waals surface area contributed by atoms with Crippen molar-refractivity contribution in [3.8, 4) is 0 Å². The average Bonchev–Trinajstić information content (AvgIpc) is 3.49. The summed E-state index contributed by atoms with van der Waals surface area (Å²) in [4.78, 5) is 53.4. The Morgan fingerprint density at radius 3 is 1.99 bits per heavy atom. The fourth-order valence-corrected chi connectivity index (χ4v) is 16.8. The second-order valence-corrected chi connectivity index (χ2v) is 27.4. The van der Waals surface area contributed by atoms with Gasteiger partial charge in [0, 0.05) is 12.8 Å². The van der Waals surface area contributed by atoms with Crippen molar-refractivity contribution in [2.45, 2.75) is 276 Å². The zero-order valence-corrected chi connectivity index (χ0v) is 48.6. The van der Waals surface area contributed by atoms with Crippen LogP contribution in [0.1, 0.15) is 177 Å². The first-order valence-corrected chi connectivity index (χ1v) is 30.1. The summed E-state index contributed by atoms with van der Waals surface area (Å²) < 4.78 is 36.5. The first-order chi connectivity index (χ1) is 37.6. The van der Waals surface area contributed by atoms with Crippen molar-refractivity contribution in [1.82, 2.24) is 5.32 Å². The second-order valence-electron chi connectivity index (χ2n) is 27.4. The summed E-state index contributed by atoms with van der Waals surface area (Å²) in [6, 6.07) is -1.34. The monoisotopic (exact) mass is 1140 g/mol. The highest BCUT2D eigenvalue weighted by Gasteiger charge is 2.72. The summed E-state index contributed by atoms with van der Waals surface area (Å²) in [6.45, 7) is 14.9. The SMILES string of the molecule is CC(=O)CCCCCCCCCCC(=O)N[C@H]1C(CO)O[C@@H](OC(=O)[C@]23CCC(C)(C)CC2C2=CCC4C5(C)CC[C@H](O)[C@](C)(C=O)C5CCC4(C)[C@]2(C)C[C@H]3O)C(O[C@@H]2O[C@H](C)[C@H](O[C@@H]3OC[C@@H](O)C(O)C3O)C(O)C2O)C1O. The standard InChI is InChI=1S/C60H97NO19/c1-32(64)17-15-13-11-9-10-12-14-16-18-42(68)61-43-37(29-62)77-53(50(45(43)70)79-52-48(73)46(71)49(33(2)76-52)78-51-47(72)44(69)36(65)30-75-51)80-54(74)60-26-25-55(3,4)27-35(60)34-19-20-39-56(5)23-22-40(66)57(6,31-63)38(56)21-24-58(39,7)59(34,8)28-41(60)67/h19,31,33,35-41,43-53,62,65-67,69-73H,9-18,20-30H2,1-8H3,(H,61,68)/t33-,35?,36-,37?,38?,39?,40+,41-,43+,44?,45?,46?,47?,48?,49+,50?,51+,52+,53+,56?,57-,58?,59-,60-/m1/s1. The first kappa shape index (κ1) is 63.5. The molecule has 4 saturated carbocycles. The van der Waals surface area contributed by atoms with Gasteiger partial charge in [0.05, 0.1) is 43.0 Å². The molecule has 0 aromatic rings. The van der Waals surface area contributed by atoms with Crippen LogP contribution in [0.5, 0.6) is 0 Å². The van der Waals surface area contributed by atoms with Gasteiger partial charge in [-0.05, 0) is 124 Å². The van der Waals surface area contributed by atoms with E-state index in [4.69, 9.17) is 28.4 Å². The van der Waals surface area contributed by atoms with Gasteiger partial charge in [0.25, 0.3) is 0 Å². The Kier molecular flexibility index (Phi) is 19.7. The quantitative estimate of drug-likeness (QED) is 0.0361. The molecule has 8 rings (SSSR count). The smallest absolute Gasteiger partial charge is 0.317 e. The lowest BCUT2D eigenvalue weighted by Crippen LogP contribution is -2.69. The summed E-state index contributed by atoms with van der Waals surface area (Å²) in [5, 5.41) is 104. The minimum Gasteiger partial charge on any atom is -0.432 e. The molecule has 3 aliphatic heterocycles. The van der Waals surface area contributed by atoms with Crippen LogP contribution in [-0.4, -0.2) is 181 Å². The molecule has 5 aliphatic carbocycles. The normalized spacial score (nSPS) is 47.1. The van der Waals surface area contributed by atoms with Crippen LogP contribution in [0.25, 0.3) is 0 Å². The third-order valence-corrected chi connectivity index (χ3v) is 21.9. The van der Waals surface area contributed by atoms with Gasteiger partial charge >= 0.3 is 5.97 Å². The van der Waals surface area contributed by atoms with Gasteiger partial charge in [0.1, 0.15) is 66.3 Å². The largest absolute Gasteiger partial charge is 0.432 e. The number of allylic oxidation sites excluding steroid dienone is 2. The number of hydrogen-bond donors (Lipinski definition) is 10. The van der Waals surface area contributed by atoms with Crippen molar-refractivity contribution in [2.24, 2.45) is 50.2 Å². The number of nitrogens with one attached hydrogen (secondary N) is 1. The van der Waals surface area contributed by atoms with Gasteiger partial charge in [-0.1, -0.05) is 91.7 Å². The number of ketones is 1. The van der Waals surface area contributed by atoms with E-state index >= 15 is 4.79 Å². The third-order valence-electron chi connectivity index (χ3n) is 21.9. The zero-order chi connectivity index (χ0) is 58.5. The van der Waals surface area contributed by atoms with E-state index in [2.05, 4.69) is 46.0 Å². The molecule has 3 heterocycles. The molecule has 20 nitrogen and oxygen atoms in total. The Labute approximate surface area is 472 Å². The fourth-order valence-electron chi connectivity index (χ4n) is 16.8. The molecule has 12 unspecified atom stereocenters. The van der Waals surface area contributed by atoms with Gasteiger partial charge in [0.15, 0.2) is 18.7 Å². The molecule has 3 saturated heterocycles. The Balaban J connectivity index is 1.04. The maximum atomic E-state index is 15.7. The van der Waals surface area contributed by atoms with Crippen molar-refractivity contribution in [3.05, 3.63) is 11.6 Å². The van der Waals surface area contributed by atoms with Gasteiger partial charge in [-0.15, -0.1) is 0 Å². The summed E-state index contributed by atoms with van der Waals surface area (Å²) >= 11 is 0. The van der Waals surface area contributed by atoms with Crippen LogP contribution in [0.2, 0.25) is 0 Å². The van der Waals surface area contributed by atoms with Crippen molar-refractivity contribution < 1.29 is 93.6 Å². The van der Waals surface area contributed by atoms with E-state index in [-0.39, 0.29) is 53.1 Å².